The maximum Gasteiger partial charge on any atom is 0.241 e. The molecule has 2 fully saturated rings. The molecule has 0 spiro atoms. The number of nitrogens with zero attached hydrogens (tertiary/aromatic N) is 2. The molecule has 2 amide bonds. The molecule has 0 radical (unpaired) electrons. The van der Waals surface area contributed by atoms with E-state index in [2.05, 4.69) is 4.98 Å². The zero-order valence-electron chi connectivity index (χ0n) is 12.4. The summed E-state index contributed by atoms with van der Waals surface area (Å²) in [4.78, 5) is 27.7. The van der Waals surface area contributed by atoms with E-state index in [9.17, 15) is 9.59 Å². The Morgan fingerprint density at radius 2 is 1.44 bits per heavy atom. The minimum absolute atomic E-state index is 0.114. The third-order valence-corrected chi connectivity index (χ3v) is 9.27. The number of pyridine rings is 1. The number of carbonyl (C=O) groups is 2. The fourth-order valence-electron chi connectivity index (χ4n) is 3.87. The highest BCUT2D eigenvalue weighted by molar-refractivity contribution is 6.67. The van der Waals surface area contributed by atoms with Gasteiger partial charge in [0.25, 0.3) is 0 Å². The summed E-state index contributed by atoms with van der Waals surface area (Å²) in [6.07, 6.45) is 0. The summed E-state index contributed by atoms with van der Waals surface area (Å²) in [5, 5.41) is -0.227. The largest absolute Gasteiger partial charge is 0.274 e. The van der Waals surface area contributed by atoms with Gasteiger partial charge in [-0.15, -0.1) is 23.2 Å². The Morgan fingerprint density at radius 3 is 1.88 bits per heavy atom. The third-order valence-electron chi connectivity index (χ3n) is 5.01. The van der Waals surface area contributed by atoms with E-state index in [-0.39, 0.29) is 15.9 Å². The number of fused-ring (bicyclic) bond motifs is 5. The van der Waals surface area contributed by atoms with Crippen molar-refractivity contribution >= 4 is 87.2 Å². The molecule has 4 nitrogen and oxygen atoms in total. The number of aryl methyl sites for hydroxylation is 1. The molecule has 3 aliphatic rings. The molecule has 1 aromatic rings. The van der Waals surface area contributed by atoms with Crippen molar-refractivity contribution in [1.29, 1.82) is 0 Å². The zero-order chi connectivity index (χ0) is 18.5. The molecule has 1 saturated heterocycles. The lowest BCUT2D eigenvalue weighted by Crippen LogP contribution is -2.50. The van der Waals surface area contributed by atoms with Crippen LogP contribution in [0.15, 0.2) is 28.3 Å². The molecule has 4 atom stereocenters. The summed E-state index contributed by atoms with van der Waals surface area (Å²) in [5.41, 5.74) is 0.637. The molecule has 25 heavy (non-hydrogen) atoms. The number of rotatable bonds is 1. The van der Waals surface area contributed by atoms with Gasteiger partial charge in [-0.3, -0.25) is 9.59 Å². The normalized spacial score (nSPS) is 38.8. The van der Waals surface area contributed by atoms with Crippen molar-refractivity contribution in [2.45, 2.75) is 21.0 Å². The van der Waals surface area contributed by atoms with Crippen LogP contribution in [0.2, 0.25) is 0 Å². The summed E-state index contributed by atoms with van der Waals surface area (Å²) in [6, 6.07) is 4.96. The van der Waals surface area contributed by atoms with Crippen molar-refractivity contribution in [3.8, 4) is 0 Å². The minimum atomic E-state index is -1.93. The van der Waals surface area contributed by atoms with Crippen LogP contribution in [0.3, 0.4) is 0 Å². The van der Waals surface area contributed by atoms with Gasteiger partial charge in [0.1, 0.15) is 15.6 Å². The van der Waals surface area contributed by atoms with Crippen LogP contribution in [0.1, 0.15) is 5.69 Å². The highest BCUT2D eigenvalue weighted by Gasteiger charge is 2.87. The average Bonchev–Trinajstić information content (AvgIpc) is 2.92. The second-order valence-corrected chi connectivity index (χ2v) is 9.51. The molecule has 132 valence electrons. The maximum atomic E-state index is 13.1. The Morgan fingerprint density at radius 1 is 0.960 bits per heavy atom. The summed E-state index contributed by atoms with van der Waals surface area (Å²) in [7, 11) is 0. The van der Waals surface area contributed by atoms with Crippen LogP contribution < -0.4 is 4.90 Å². The Kier molecular flexibility index (Phi) is 3.76. The first-order chi connectivity index (χ1) is 11.5. The van der Waals surface area contributed by atoms with E-state index in [1.54, 1.807) is 25.1 Å². The highest BCUT2D eigenvalue weighted by Crippen LogP contribution is 2.77. The van der Waals surface area contributed by atoms with Gasteiger partial charge in [-0.05, 0) is 19.1 Å². The molecule has 2 heterocycles. The number of carbonyl (C=O) groups excluding carboxylic acids is 2. The highest BCUT2D eigenvalue weighted by atomic mass is 35.5. The molecule has 0 N–H and O–H groups in total. The monoisotopic (exact) mass is 458 g/mol. The van der Waals surface area contributed by atoms with Gasteiger partial charge in [0, 0.05) is 5.69 Å². The fraction of sp³-hybridized carbons (Fsp3) is 0.400. The van der Waals surface area contributed by atoms with Crippen molar-refractivity contribution in [2.75, 3.05) is 4.90 Å². The van der Waals surface area contributed by atoms with Crippen LogP contribution in [0.4, 0.5) is 5.82 Å². The van der Waals surface area contributed by atoms with Gasteiger partial charge in [0.05, 0.1) is 21.9 Å². The Labute approximate surface area is 172 Å². The molecule has 10 heteroatoms. The van der Waals surface area contributed by atoms with Gasteiger partial charge < -0.3 is 0 Å². The number of alkyl halides is 4. The Bertz CT molecular complexity index is 841. The van der Waals surface area contributed by atoms with Crippen LogP contribution in [-0.4, -0.2) is 30.9 Å². The summed E-state index contributed by atoms with van der Waals surface area (Å²) >= 11 is 38.5. The number of halogens is 6. The molecule has 4 rings (SSSR count). The fourth-order valence-corrected chi connectivity index (χ4v) is 6.80. The molecule has 0 unspecified atom stereocenters. The van der Waals surface area contributed by atoms with Crippen LogP contribution >= 0.6 is 69.6 Å². The van der Waals surface area contributed by atoms with Gasteiger partial charge >= 0.3 is 0 Å². The van der Waals surface area contributed by atoms with Crippen LogP contribution in [-0.2, 0) is 9.59 Å². The van der Waals surface area contributed by atoms with Gasteiger partial charge in [-0.2, -0.15) is 0 Å². The predicted octanol–water partition coefficient (Wildman–Crippen LogP) is 4.34. The number of imide groups is 1. The Hall–Kier alpha value is -0.230. The van der Waals surface area contributed by atoms with Crippen molar-refractivity contribution in [2.24, 2.45) is 11.8 Å². The van der Waals surface area contributed by atoms with Crippen molar-refractivity contribution < 1.29 is 9.59 Å². The van der Waals surface area contributed by atoms with Crippen LogP contribution in [0.25, 0.3) is 0 Å². The van der Waals surface area contributed by atoms with Gasteiger partial charge in [-0.1, -0.05) is 52.5 Å². The first-order valence-electron chi connectivity index (χ1n) is 7.14. The topological polar surface area (TPSA) is 50.3 Å². The third kappa shape index (κ3) is 1.77. The van der Waals surface area contributed by atoms with E-state index >= 15 is 0 Å². The van der Waals surface area contributed by atoms with Crippen molar-refractivity contribution in [3.63, 3.8) is 0 Å². The lowest BCUT2D eigenvalue weighted by molar-refractivity contribution is -0.123. The quantitative estimate of drug-likeness (QED) is 0.462. The molecule has 2 bridgehead atoms. The average molecular weight is 461 g/mol. The standard InChI is InChI=1S/C15H8Cl6N2O2/c1-5-3-2-4-6(22-5)23-11(24)7-8(12(23)25)14(19)10(17)9(16)13(7,18)15(14,20)21/h2-4,7-8H,1H3/t7-,8-,13+,14+/m1/s1. The predicted molar refractivity (Wildman–Crippen MR) is 98.8 cm³/mol. The number of hydrogen-bond acceptors (Lipinski definition) is 3. The second kappa shape index (κ2) is 5.18. The molecule has 0 aromatic carbocycles. The summed E-state index contributed by atoms with van der Waals surface area (Å²) in [5.74, 6) is -3.35. The lowest BCUT2D eigenvalue weighted by Gasteiger charge is -2.34. The second-order valence-electron chi connectivity index (χ2n) is 6.23. The molecule has 1 aliphatic heterocycles. The van der Waals surface area contributed by atoms with E-state index < -0.39 is 37.7 Å². The number of anilines is 1. The summed E-state index contributed by atoms with van der Waals surface area (Å²) in [6.45, 7) is 1.74. The van der Waals surface area contributed by atoms with Crippen LogP contribution in [0.5, 0.6) is 0 Å². The number of allylic oxidation sites excluding steroid dienone is 2. The Balaban J connectivity index is 1.92. The lowest BCUT2D eigenvalue weighted by atomic mass is 9.84. The number of aromatic nitrogens is 1. The number of amides is 2. The minimum Gasteiger partial charge on any atom is -0.274 e. The van der Waals surface area contributed by atoms with Gasteiger partial charge in [-0.25, -0.2) is 9.88 Å². The van der Waals surface area contributed by atoms with Gasteiger partial charge in [0.2, 0.25) is 11.8 Å². The molecule has 1 aromatic heterocycles. The summed E-state index contributed by atoms with van der Waals surface area (Å²) < 4.78 is -1.93. The van der Waals surface area contributed by atoms with E-state index in [0.717, 1.165) is 4.90 Å². The first-order valence-corrected chi connectivity index (χ1v) is 9.41. The molecule has 1 saturated carbocycles. The molecular weight excluding hydrogens is 453 g/mol. The van der Waals surface area contributed by atoms with Gasteiger partial charge in [0.15, 0.2) is 4.33 Å². The van der Waals surface area contributed by atoms with Crippen LogP contribution in [0, 0.1) is 18.8 Å². The smallest absolute Gasteiger partial charge is 0.241 e. The van der Waals surface area contributed by atoms with Crippen molar-refractivity contribution in [3.05, 3.63) is 34.0 Å². The SMILES string of the molecule is Cc1cccc(N2C(=O)[C@H]3[C@H](C2=O)[C@]2(Cl)C(Cl)=C(Cl)[C@]3(Cl)C2(Cl)Cl)n1. The van der Waals surface area contributed by atoms with E-state index in [0.29, 0.717) is 5.69 Å². The molecular formula is C15H8Cl6N2O2. The van der Waals surface area contributed by atoms with E-state index in [1.807, 2.05) is 0 Å². The number of hydrogen-bond donors (Lipinski definition) is 0. The van der Waals surface area contributed by atoms with E-state index in [4.69, 9.17) is 69.6 Å². The first kappa shape index (κ1) is 18.1. The zero-order valence-corrected chi connectivity index (χ0v) is 16.9. The van der Waals surface area contributed by atoms with Crippen molar-refractivity contribution in [1.82, 2.24) is 4.98 Å². The molecule has 2 aliphatic carbocycles. The van der Waals surface area contributed by atoms with E-state index in [1.165, 1.54) is 0 Å². The maximum absolute atomic E-state index is 13.1.